The molecule has 0 saturated carbocycles. The SMILES string of the molecule is O=C(COCC(F)(F)F)NC1CNC1. The summed E-state index contributed by atoms with van der Waals surface area (Å²) in [6.45, 7) is -0.616. The van der Waals surface area contributed by atoms with Gasteiger partial charge in [0.15, 0.2) is 0 Å². The van der Waals surface area contributed by atoms with Gasteiger partial charge in [0.1, 0.15) is 13.2 Å². The normalized spacial score (nSPS) is 17.6. The molecule has 1 saturated heterocycles. The molecule has 1 rings (SSSR count). The predicted molar refractivity (Wildman–Crippen MR) is 41.7 cm³/mol. The first-order valence-electron chi connectivity index (χ1n) is 4.12. The van der Waals surface area contributed by atoms with Crippen molar-refractivity contribution in [2.45, 2.75) is 12.2 Å². The maximum absolute atomic E-state index is 11.6. The smallest absolute Gasteiger partial charge is 0.362 e. The van der Waals surface area contributed by atoms with Gasteiger partial charge in [-0.05, 0) is 0 Å². The molecule has 0 aliphatic carbocycles. The summed E-state index contributed by atoms with van der Waals surface area (Å²) in [6.07, 6.45) is -4.38. The van der Waals surface area contributed by atoms with E-state index in [1.165, 1.54) is 0 Å². The van der Waals surface area contributed by atoms with E-state index in [1.807, 2.05) is 0 Å². The highest BCUT2D eigenvalue weighted by molar-refractivity contribution is 5.77. The molecule has 2 N–H and O–H groups in total. The van der Waals surface area contributed by atoms with Crippen molar-refractivity contribution in [2.24, 2.45) is 0 Å². The molecular weight excluding hydrogens is 201 g/mol. The second-order valence-corrected chi connectivity index (χ2v) is 3.03. The summed E-state index contributed by atoms with van der Waals surface area (Å²) >= 11 is 0. The molecule has 0 radical (unpaired) electrons. The molecule has 4 nitrogen and oxygen atoms in total. The highest BCUT2D eigenvalue weighted by Gasteiger charge is 2.28. The number of hydrogen-bond donors (Lipinski definition) is 2. The Labute approximate surface area is 78.8 Å². The fraction of sp³-hybridized carbons (Fsp3) is 0.857. The molecule has 0 spiro atoms. The number of hydrogen-bond acceptors (Lipinski definition) is 3. The quantitative estimate of drug-likeness (QED) is 0.670. The maximum Gasteiger partial charge on any atom is 0.411 e. The zero-order valence-electron chi connectivity index (χ0n) is 7.36. The van der Waals surface area contributed by atoms with Crippen LogP contribution in [0.15, 0.2) is 0 Å². The maximum atomic E-state index is 11.6. The van der Waals surface area contributed by atoms with Crippen molar-refractivity contribution in [1.82, 2.24) is 10.6 Å². The topological polar surface area (TPSA) is 50.4 Å². The van der Waals surface area contributed by atoms with Crippen molar-refractivity contribution in [2.75, 3.05) is 26.3 Å². The van der Waals surface area contributed by atoms with E-state index in [0.29, 0.717) is 13.1 Å². The Morgan fingerprint density at radius 3 is 2.57 bits per heavy atom. The molecule has 0 atom stereocenters. The van der Waals surface area contributed by atoms with E-state index in [4.69, 9.17) is 0 Å². The van der Waals surface area contributed by atoms with E-state index >= 15 is 0 Å². The highest BCUT2D eigenvalue weighted by atomic mass is 19.4. The van der Waals surface area contributed by atoms with Gasteiger partial charge in [-0.25, -0.2) is 0 Å². The minimum Gasteiger partial charge on any atom is -0.362 e. The van der Waals surface area contributed by atoms with Gasteiger partial charge in [-0.15, -0.1) is 0 Å². The van der Waals surface area contributed by atoms with Crippen LogP contribution in [0.4, 0.5) is 13.2 Å². The van der Waals surface area contributed by atoms with Crippen LogP contribution in [0.3, 0.4) is 0 Å². The average molecular weight is 212 g/mol. The summed E-state index contributed by atoms with van der Waals surface area (Å²) in [4.78, 5) is 10.9. The van der Waals surface area contributed by atoms with E-state index in [0.717, 1.165) is 0 Å². The van der Waals surface area contributed by atoms with Crippen molar-refractivity contribution in [3.63, 3.8) is 0 Å². The summed E-state index contributed by atoms with van der Waals surface area (Å²) in [6, 6.07) is 0.0250. The van der Waals surface area contributed by atoms with Gasteiger partial charge >= 0.3 is 6.18 Å². The molecular formula is C7H11F3N2O2. The summed E-state index contributed by atoms with van der Waals surface area (Å²) in [5, 5.41) is 5.42. The number of nitrogens with one attached hydrogen (secondary N) is 2. The zero-order chi connectivity index (χ0) is 10.6. The van der Waals surface area contributed by atoms with Gasteiger partial charge in [0.25, 0.3) is 0 Å². The summed E-state index contributed by atoms with van der Waals surface area (Å²) < 4.78 is 38.9. The fourth-order valence-corrected chi connectivity index (χ4v) is 0.920. The lowest BCUT2D eigenvalue weighted by atomic mass is 10.2. The lowest BCUT2D eigenvalue weighted by molar-refractivity contribution is -0.175. The Kier molecular flexibility index (Phi) is 3.70. The average Bonchev–Trinajstić information content (AvgIpc) is 1.94. The molecule has 1 aliphatic heterocycles. The second-order valence-electron chi connectivity index (χ2n) is 3.03. The fourth-order valence-electron chi connectivity index (χ4n) is 0.920. The lowest BCUT2D eigenvalue weighted by Crippen LogP contribution is -2.57. The largest absolute Gasteiger partial charge is 0.411 e. The molecule has 82 valence electrons. The van der Waals surface area contributed by atoms with Crippen LogP contribution in [0.25, 0.3) is 0 Å². The van der Waals surface area contributed by atoms with Gasteiger partial charge in [-0.2, -0.15) is 13.2 Å². The van der Waals surface area contributed by atoms with Crippen LogP contribution in [0.1, 0.15) is 0 Å². The van der Waals surface area contributed by atoms with Crippen LogP contribution < -0.4 is 10.6 Å². The first-order chi connectivity index (χ1) is 6.47. The number of rotatable bonds is 4. The molecule has 0 aromatic carbocycles. The Bertz CT molecular complexity index is 204. The van der Waals surface area contributed by atoms with E-state index in [-0.39, 0.29) is 6.04 Å². The van der Waals surface area contributed by atoms with E-state index in [2.05, 4.69) is 15.4 Å². The molecule has 1 heterocycles. The summed E-state index contributed by atoms with van der Waals surface area (Å²) in [5.41, 5.74) is 0. The molecule has 1 aliphatic rings. The van der Waals surface area contributed by atoms with Crippen LogP contribution >= 0.6 is 0 Å². The lowest BCUT2D eigenvalue weighted by Gasteiger charge is -2.27. The Morgan fingerprint density at radius 1 is 1.50 bits per heavy atom. The Balaban J connectivity index is 2.03. The third-order valence-electron chi connectivity index (χ3n) is 1.65. The molecule has 14 heavy (non-hydrogen) atoms. The van der Waals surface area contributed by atoms with Gasteiger partial charge in [-0.1, -0.05) is 0 Å². The van der Waals surface area contributed by atoms with Gasteiger partial charge in [0.2, 0.25) is 5.91 Å². The van der Waals surface area contributed by atoms with E-state index in [1.54, 1.807) is 0 Å². The molecule has 1 amide bonds. The van der Waals surface area contributed by atoms with Crippen LogP contribution in [0.2, 0.25) is 0 Å². The first-order valence-corrected chi connectivity index (χ1v) is 4.12. The second kappa shape index (κ2) is 4.61. The minimum atomic E-state index is -4.38. The third kappa shape index (κ3) is 4.43. The van der Waals surface area contributed by atoms with E-state index < -0.39 is 25.3 Å². The van der Waals surface area contributed by atoms with Crippen LogP contribution in [-0.4, -0.2) is 44.4 Å². The molecule has 0 aromatic heterocycles. The Morgan fingerprint density at radius 2 is 2.14 bits per heavy atom. The number of ether oxygens (including phenoxy) is 1. The monoisotopic (exact) mass is 212 g/mol. The van der Waals surface area contributed by atoms with Gasteiger partial charge in [-0.3, -0.25) is 4.79 Å². The number of halogens is 3. The van der Waals surface area contributed by atoms with Crippen molar-refractivity contribution >= 4 is 5.91 Å². The van der Waals surface area contributed by atoms with Crippen LogP contribution in [0, 0.1) is 0 Å². The van der Waals surface area contributed by atoms with Gasteiger partial charge < -0.3 is 15.4 Å². The number of alkyl halides is 3. The number of carbonyl (C=O) groups excluding carboxylic acids is 1. The highest BCUT2D eigenvalue weighted by Crippen LogP contribution is 2.13. The van der Waals surface area contributed by atoms with Crippen molar-refractivity contribution in [3.05, 3.63) is 0 Å². The van der Waals surface area contributed by atoms with Crippen molar-refractivity contribution in [1.29, 1.82) is 0 Å². The minimum absolute atomic E-state index is 0.0250. The number of amides is 1. The first kappa shape index (κ1) is 11.3. The van der Waals surface area contributed by atoms with Gasteiger partial charge in [0.05, 0.1) is 6.04 Å². The van der Waals surface area contributed by atoms with Gasteiger partial charge in [0, 0.05) is 13.1 Å². The molecule has 1 fully saturated rings. The number of carbonyl (C=O) groups is 1. The third-order valence-corrected chi connectivity index (χ3v) is 1.65. The molecule has 0 aromatic rings. The van der Waals surface area contributed by atoms with Crippen molar-refractivity contribution < 1.29 is 22.7 Å². The summed E-state index contributed by atoms with van der Waals surface area (Å²) in [7, 11) is 0. The van der Waals surface area contributed by atoms with Crippen LogP contribution in [0.5, 0.6) is 0 Å². The van der Waals surface area contributed by atoms with Crippen molar-refractivity contribution in [3.8, 4) is 0 Å². The molecule has 7 heteroatoms. The Hall–Kier alpha value is -0.820. The van der Waals surface area contributed by atoms with E-state index in [9.17, 15) is 18.0 Å². The molecule has 0 bridgehead atoms. The van der Waals surface area contributed by atoms with Crippen LogP contribution in [-0.2, 0) is 9.53 Å². The zero-order valence-corrected chi connectivity index (χ0v) is 7.36. The summed E-state index contributed by atoms with van der Waals surface area (Å²) in [5.74, 6) is -0.513. The standard InChI is InChI=1S/C7H11F3N2O2/c8-7(9,10)4-14-3-6(13)12-5-1-11-2-5/h5,11H,1-4H2,(H,12,13). The predicted octanol–water partition coefficient (Wildman–Crippen LogP) is -0.347. The molecule has 0 unspecified atom stereocenters.